The minimum absolute atomic E-state index is 1.02. The van der Waals surface area contributed by atoms with E-state index in [1.165, 1.54) is 55.6 Å². The first-order chi connectivity index (χ1) is 12.1. The van der Waals surface area contributed by atoms with Crippen LogP contribution < -0.4 is 0 Å². The summed E-state index contributed by atoms with van der Waals surface area (Å²) in [6.07, 6.45) is 2.04. The summed E-state index contributed by atoms with van der Waals surface area (Å²) >= 11 is 0. The summed E-state index contributed by atoms with van der Waals surface area (Å²) in [7, 11) is -1.15. The molecule has 2 rings (SSSR count). The zero-order valence-electron chi connectivity index (χ0n) is 18.2. The third-order valence-electron chi connectivity index (χ3n) is 6.50. The van der Waals surface area contributed by atoms with Crippen LogP contribution in [0.5, 0.6) is 0 Å². The lowest BCUT2D eigenvalue weighted by molar-refractivity contribution is 0.680. The maximum atomic E-state index is 13.8. The summed E-state index contributed by atoms with van der Waals surface area (Å²) < 4.78 is 13.8. The molecule has 1 nitrogen and oxygen atoms in total. The van der Waals surface area contributed by atoms with Gasteiger partial charge in [-0.15, -0.1) is 0 Å². The molecule has 0 fully saturated rings. The molecule has 0 bridgehead atoms. The number of rotatable bonds is 4. The highest BCUT2D eigenvalue weighted by molar-refractivity contribution is 7.85. The van der Waals surface area contributed by atoms with E-state index in [1.54, 1.807) is 0 Å². The zero-order valence-corrected chi connectivity index (χ0v) is 19.0. The van der Waals surface area contributed by atoms with Crippen molar-refractivity contribution in [1.82, 2.24) is 0 Å². The van der Waals surface area contributed by atoms with E-state index in [0.29, 0.717) is 0 Å². The van der Waals surface area contributed by atoms with Crippen molar-refractivity contribution in [2.24, 2.45) is 0 Å². The van der Waals surface area contributed by atoms with Gasteiger partial charge in [-0.3, -0.25) is 0 Å². The fourth-order valence-corrected chi connectivity index (χ4v) is 6.36. The number of hydrogen-bond acceptors (Lipinski definition) is 1. The standard InChI is InChI=1S/C24H34OS/c1-11-21-13(3)17(7)23(18(8)14(21)4)26(25)24-19(9)15(5)22(12-2)16(6)20(24)10/h11-12H2,1-10H3. The summed E-state index contributed by atoms with van der Waals surface area (Å²) in [6.45, 7) is 21.7. The van der Waals surface area contributed by atoms with Crippen molar-refractivity contribution in [3.8, 4) is 0 Å². The molecule has 26 heavy (non-hydrogen) atoms. The molecule has 0 aliphatic carbocycles. The Morgan fingerprint density at radius 1 is 0.500 bits per heavy atom. The van der Waals surface area contributed by atoms with Crippen LogP contribution in [0.4, 0.5) is 0 Å². The van der Waals surface area contributed by atoms with Gasteiger partial charge in [0.05, 0.1) is 20.6 Å². The van der Waals surface area contributed by atoms with Crippen molar-refractivity contribution in [1.29, 1.82) is 0 Å². The van der Waals surface area contributed by atoms with E-state index in [1.807, 2.05) is 0 Å². The van der Waals surface area contributed by atoms with Crippen LogP contribution in [0, 0.1) is 55.4 Å². The summed E-state index contributed by atoms with van der Waals surface area (Å²) in [5.74, 6) is 0. The Morgan fingerprint density at radius 3 is 0.923 bits per heavy atom. The van der Waals surface area contributed by atoms with Crippen LogP contribution in [0.2, 0.25) is 0 Å². The van der Waals surface area contributed by atoms with Gasteiger partial charge in [-0.05, 0) is 124 Å². The summed E-state index contributed by atoms with van der Waals surface area (Å²) in [5.41, 5.74) is 12.8. The topological polar surface area (TPSA) is 17.1 Å². The van der Waals surface area contributed by atoms with Gasteiger partial charge in [-0.2, -0.15) is 0 Å². The molecule has 0 N–H and O–H groups in total. The lowest BCUT2D eigenvalue weighted by atomic mass is 9.92. The van der Waals surface area contributed by atoms with E-state index in [-0.39, 0.29) is 0 Å². The minimum atomic E-state index is -1.15. The molecular formula is C24H34OS. The molecule has 2 aromatic carbocycles. The molecule has 0 radical (unpaired) electrons. The Morgan fingerprint density at radius 2 is 0.731 bits per heavy atom. The normalized spacial score (nSPS) is 11.5. The second-order valence-corrected chi connectivity index (χ2v) is 8.95. The summed E-state index contributed by atoms with van der Waals surface area (Å²) in [4.78, 5) is 2.04. The highest BCUT2D eigenvalue weighted by Crippen LogP contribution is 2.36. The third-order valence-corrected chi connectivity index (χ3v) is 8.47. The second kappa shape index (κ2) is 7.68. The first-order valence-corrected chi connectivity index (χ1v) is 10.8. The smallest absolute Gasteiger partial charge is 0.0860 e. The van der Waals surface area contributed by atoms with Crippen LogP contribution in [-0.4, -0.2) is 4.21 Å². The SMILES string of the molecule is CCc1c(C)c(C)c(S(=O)c2c(C)c(C)c(CC)c(C)c2C)c(C)c1C. The molecule has 0 spiro atoms. The van der Waals surface area contributed by atoms with Gasteiger partial charge >= 0.3 is 0 Å². The molecule has 0 amide bonds. The van der Waals surface area contributed by atoms with Crippen LogP contribution in [0.15, 0.2) is 9.79 Å². The Labute approximate surface area is 162 Å². The number of benzene rings is 2. The third kappa shape index (κ3) is 3.07. The number of hydrogen-bond donors (Lipinski definition) is 0. The Hall–Kier alpha value is -1.41. The molecule has 2 aromatic rings. The van der Waals surface area contributed by atoms with Crippen LogP contribution >= 0.6 is 0 Å². The molecule has 0 heterocycles. The highest BCUT2D eigenvalue weighted by atomic mass is 32.2. The lowest BCUT2D eigenvalue weighted by Crippen LogP contribution is -2.11. The van der Waals surface area contributed by atoms with Crippen LogP contribution in [-0.2, 0) is 23.6 Å². The van der Waals surface area contributed by atoms with Gasteiger partial charge in [0.2, 0.25) is 0 Å². The van der Waals surface area contributed by atoms with Crippen molar-refractivity contribution in [3.63, 3.8) is 0 Å². The molecule has 0 saturated heterocycles. The summed E-state index contributed by atoms with van der Waals surface area (Å²) in [5, 5.41) is 0. The zero-order chi connectivity index (χ0) is 19.9. The van der Waals surface area contributed by atoms with Crippen molar-refractivity contribution in [3.05, 3.63) is 55.6 Å². The largest absolute Gasteiger partial charge is 0.249 e. The fourth-order valence-electron chi connectivity index (χ4n) is 4.43. The van der Waals surface area contributed by atoms with E-state index in [9.17, 15) is 4.21 Å². The van der Waals surface area contributed by atoms with Crippen molar-refractivity contribution < 1.29 is 4.21 Å². The molecule has 0 aliphatic heterocycles. The Kier molecular flexibility index (Phi) is 6.17. The average molecular weight is 371 g/mol. The van der Waals surface area contributed by atoms with Crippen molar-refractivity contribution >= 4 is 10.8 Å². The Bertz CT molecular complexity index is 772. The average Bonchev–Trinajstić information content (AvgIpc) is 2.60. The van der Waals surface area contributed by atoms with E-state index in [2.05, 4.69) is 69.2 Å². The highest BCUT2D eigenvalue weighted by Gasteiger charge is 2.24. The molecule has 0 atom stereocenters. The van der Waals surface area contributed by atoms with Crippen LogP contribution in [0.25, 0.3) is 0 Å². The van der Waals surface area contributed by atoms with E-state index in [4.69, 9.17) is 0 Å². The molecule has 0 aromatic heterocycles. The van der Waals surface area contributed by atoms with Gasteiger partial charge < -0.3 is 0 Å². The molecule has 0 aliphatic rings. The second-order valence-electron chi connectivity index (χ2n) is 7.59. The molecular weight excluding hydrogens is 336 g/mol. The molecule has 2 heteroatoms. The van der Waals surface area contributed by atoms with Gasteiger partial charge in [-0.1, -0.05) is 13.8 Å². The minimum Gasteiger partial charge on any atom is -0.249 e. The van der Waals surface area contributed by atoms with Gasteiger partial charge in [0.15, 0.2) is 0 Å². The Balaban J connectivity index is 2.85. The predicted octanol–water partition coefficient (Wildman–Crippen LogP) is 6.45. The summed E-state index contributed by atoms with van der Waals surface area (Å²) in [6, 6.07) is 0. The maximum absolute atomic E-state index is 13.8. The molecule has 0 unspecified atom stereocenters. The lowest BCUT2D eigenvalue weighted by Gasteiger charge is -2.23. The van der Waals surface area contributed by atoms with E-state index in [0.717, 1.165) is 22.6 Å². The van der Waals surface area contributed by atoms with Gasteiger partial charge in [0, 0.05) is 0 Å². The monoisotopic (exact) mass is 370 g/mol. The quantitative estimate of drug-likeness (QED) is 0.605. The maximum Gasteiger partial charge on any atom is 0.0860 e. The van der Waals surface area contributed by atoms with Crippen molar-refractivity contribution in [2.45, 2.75) is 91.9 Å². The first kappa shape index (κ1) is 20.9. The van der Waals surface area contributed by atoms with Gasteiger partial charge in [0.25, 0.3) is 0 Å². The van der Waals surface area contributed by atoms with Crippen molar-refractivity contribution in [2.75, 3.05) is 0 Å². The van der Waals surface area contributed by atoms with E-state index < -0.39 is 10.8 Å². The fraction of sp³-hybridized carbons (Fsp3) is 0.500. The van der Waals surface area contributed by atoms with Gasteiger partial charge in [-0.25, -0.2) is 4.21 Å². The molecule has 142 valence electrons. The first-order valence-electron chi connectivity index (χ1n) is 9.70. The van der Waals surface area contributed by atoms with Crippen LogP contribution in [0.1, 0.15) is 69.5 Å². The molecule has 0 saturated carbocycles. The van der Waals surface area contributed by atoms with Gasteiger partial charge in [0.1, 0.15) is 0 Å². The predicted molar refractivity (Wildman–Crippen MR) is 114 cm³/mol. The van der Waals surface area contributed by atoms with E-state index >= 15 is 0 Å². The van der Waals surface area contributed by atoms with Crippen LogP contribution in [0.3, 0.4) is 0 Å².